The van der Waals surface area contributed by atoms with Crippen molar-refractivity contribution in [1.82, 2.24) is 0 Å². The Morgan fingerprint density at radius 2 is 1.09 bits per heavy atom. The van der Waals surface area contributed by atoms with E-state index in [-0.39, 0.29) is 0 Å². The maximum Gasteiger partial charge on any atom is 0.140 e. The van der Waals surface area contributed by atoms with E-state index in [0.29, 0.717) is 11.6 Å². The second-order valence-electron chi connectivity index (χ2n) is 6.38. The zero-order valence-corrected chi connectivity index (χ0v) is 14.6. The van der Waals surface area contributed by atoms with E-state index in [1.807, 2.05) is 0 Å². The molecule has 1 N–H and O–H groups in total. The fraction of sp³-hybridized carbons (Fsp3) is 0.842. The quantitative estimate of drug-likeness (QED) is 0.331. The Morgan fingerprint density at radius 3 is 1.55 bits per heavy atom. The van der Waals surface area contributed by atoms with Gasteiger partial charge in [-0.15, -0.1) is 0 Å². The number of hydrogen-bond donors (Lipinski definition) is 1. The molecular weight excluding hydrogens is 274 g/mol. The van der Waals surface area contributed by atoms with Crippen LogP contribution in [0.25, 0.3) is 0 Å². The molecule has 0 aliphatic carbocycles. The molecule has 0 rings (SSSR count). The standard InChI is InChI=1S/C19H35NO2/c1-18(21)14-10-6-3-4-7-11-15-19(22)16-12-8-5-9-13-17-20-2/h2-17H2,1H3/p+1. The van der Waals surface area contributed by atoms with Crippen molar-refractivity contribution in [2.24, 2.45) is 0 Å². The molecule has 0 aromatic heterocycles. The van der Waals surface area contributed by atoms with Crippen LogP contribution >= 0.6 is 0 Å². The first-order chi connectivity index (χ1) is 10.7. The first kappa shape index (κ1) is 21.0. The highest BCUT2D eigenvalue weighted by molar-refractivity contribution is 5.78. The smallest absolute Gasteiger partial charge is 0.140 e. The molecule has 0 unspecified atom stereocenters. The van der Waals surface area contributed by atoms with E-state index in [9.17, 15) is 9.59 Å². The summed E-state index contributed by atoms with van der Waals surface area (Å²) in [5, 5.41) is 0. The monoisotopic (exact) mass is 310 g/mol. The highest BCUT2D eigenvalue weighted by Gasteiger charge is 2.02. The van der Waals surface area contributed by atoms with Crippen molar-refractivity contribution < 1.29 is 14.6 Å². The van der Waals surface area contributed by atoms with Gasteiger partial charge in [0, 0.05) is 25.7 Å². The number of hydrogen-bond acceptors (Lipinski definition) is 2. The molecule has 3 heteroatoms. The number of ketones is 2. The lowest BCUT2D eigenvalue weighted by Gasteiger charge is -2.02. The summed E-state index contributed by atoms with van der Waals surface area (Å²) < 4.78 is 0. The molecule has 0 aromatic carbocycles. The number of carbonyl (C=O) groups excluding carboxylic acids is 2. The van der Waals surface area contributed by atoms with Crippen molar-refractivity contribution in [1.29, 1.82) is 0 Å². The van der Waals surface area contributed by atoms with Gasteiger partial charge >= 0.3 is 0 Å². The number of unbranched alkanes of at least 4 members (excludes halogenated alkanes) is 9. The molecule has 0 bridgehead atoms. The predicted molar refractivity (Wildman–Crippen MR) is 93.3 cm³/mol. The van der Waals surface area contributed by atoms with E-state index >= 15 is 0 Å². The third-order valence-electron chi connectivity index (χ3n) is 4.04. The first-order valence-corrected chi connectivity index (χ1v) is 9.18. The second-order valence-corrected chi connectivity index (χ2v) is 6.38. The molecule has 3 nitrogen and oxygen atoms in total. The number of carbonyl (C=O) groups is 2. The fourth-order valence-corrected chi connectivity index (χ4v) is 2.63. The fourth-order valence-electron chi connectivity index (χ4n) is 2.63. The van der Waals surface area contributed by atoms with Crippen LogP contribution in [0.15, 0.2) is 0 Å². The Balaban J connectivity index is 3.19. The minimum Gasteiger partial charge on any atom is -0.300 e. The van der Waals surface area contributed by atoms with Gasteiger partial charge in [-0.3, -0.25) is 9.79 Å². The van der Waals surface area contributed by atoms with Crippen LogP contribution in [-0.2, 0) is 9.59 Å². The minimum atomic E-state index is 0.296. The molecule has 0 aromatic rings. The van der Waals surface area contributed by atoms with Crippen LogP contribution in [0.5, 0.6) is 0 Å². The van der Waals surface area contributed by atoms with E-state index in [0.717, 1.165) is 57.9 Å². The maximum absolute atomic E-state index is 11.7. The van der Waals surface area contributed by atoms with Crippen molar-refractivity contribution in [3.63, 3.8) is 0 Å². The normalized spacial score (nSPS) is 10.6. The Hall–Kier alpha value is -0.990. The summed E-state index contributed by atoms with van der Waals surface area (Å²) in [6.07, 6.45) is 14.9. The Bertz CT molecular complexity index is 300. The van der Waals surface area contributed by atoms with Crippen LogP contribution in [0.1, 0.15) is 96.8 Å². The van der Waals surface area contributed by atoms with Gasteiger partial charge in [0.1, 0.15) is 24.8 Å². The summed E-state index contributed by atoms with van der Waals surface area (Å²) in [6.45, 7) is 6.25. The van der Waals surface area contributed by atoms with Gasteiger partial charge in [-0.05, 0) is 32.6 Å². The van der Waals surface area contributed by atoms with E-state index in [4.69, 9.17) is 0 Å². The molecule has 0 saturated carbocycles. The van der Waals surface area contributed by atoms with Gasteiger partial charge in [-0.2, -0.15) is 0 Å². The average molecular weight is 311 g/mol. The molecule has 0 heterocycles. The summed E-state index contributed by atoms with van der Waals surface area (Å²) in [5.74, 6) is 0.737. The summed E-state index contributed by atoms with van der Waals surface area (Å²) in [5.41, 5.74) is 0. The van der Waals surface area contributed by atoms with Crippen molar-refractivity contribution in [3.8, 4) is 0 Å². The molecule has 0 atom stereocenters. The summed E-state index contributed by atoms with van der Waals surface area (Å²) in [7, 11) is 0. The van der Waals surface area contributed by atoms with Crippen molar-refractivity contribution in [2.75, 3.05) is 6.54 Å². The van der Waals surface area contributed by atoms with Crippen molar-refractivity contribution >= 4 is 18.3 Å². The van der Waals surface area contributed by atoms with Crippen molar-refractivity contribution in [2.45, 2.75) is 96.8 Å². The van der Waals surface area contributed by atoms with Gasteiger partial charge in [-0.25, -0.2) is 0 Å². The van der Waals surface area contributed by atoms with Gasteiger partial charge in [0.05, 0.1) is 0 Å². The van der Waals surface area contributed by atoms with Crippen LogP contribution < -0.4 is 4.99 Å². The predicted octanol–water partition coefficient (Wildman–Crippen LogP) is 3.39. The van der Waals surface area contributed by atoms with Gasteiger partial charge in [-0.1, -0.05) is 38.5 Å². The van der Waals surface area contributed by atoms with Crippen LogP contribution in [0, 0.1) is 0 Å². The van der Waals surface area contributed by atoms with Gasteiger partial charge in [0.25, 0.3) is 0 Å². The van der Waals surface area contributed by atoms with Gasteiger partial charge in [0.15, 0.2) is 0 Å². The minimum absolute atomic E-state index is 0.296. The number of rotatable bonds is 17. The Kier molecular flexibility index (Phi) is 15.6. The van der Waals surface area contributed by atoms with E-state index in [1.165, 1.54) is 38.5 Å². The van der Waals surface area contributed by atoms with Crippen LogP contribution in [0.4, 0.5) is 0 Å². The zero-order valence-electron chi connectivity index (χ0n) is 14.6. The lowest BCUT2D eigenvalue weighted by Crippen LogP contribution is -2.65. The summed E-state index contributed by atoms with van der Waals surface area (Å²) in [6, 6.07) is 0. The lowest BCUT2D eigenvalue weighted by molar-refractivity contribution is -0.447. The SMILES string of the molecule is C=[NH+]CCCCCCCC(=O)CCCCCCCCC(C)=O. The van der Waals surface area contributed by atoms with E-state index in [1.54, 1.807) is 6.92 Å². The first-order valence-electron chi connectivity index (χ1n) is 9.18. The highest BCUT2D eigenvalue weighted by atomic mass is 16.1. The molecule has 0 amide bonds. The molecule has 0 fully saturated rings. The summed E-state index contributed by atoms with van der Waals surface area (Å²) in [4.78, 5) is 25.4. The van der Waals surface area contributed by atoms with Crippen LogP contribution in [0.2, 0.25) is 0 Å². The van der Waals surface area contributed by atoms with E-state index in [2.05, 4.69) is 11.7 Å². The molecular formula is C19H36NO2+. The molecule has 22 heavy (non-hydrogen) atoms. The topological polar surface area (TPSA) is 48.1 Å². The largest absolute Gasteiger partial charge is 0.300 e. The molecule has 128 valence electrons. The molecule has 0 spiro atoms. The third kappa shape index (κ3) is 17.1. The number of Topliss-reactive ketones (excluding diaryl/α,β-unsaturated/α-hetero) is 2. The van der Waals surface area contributed by atoms with Crippen molar-refractivity contribution in [3.05, 3.63) is 0 Å². The van der Waals surface area contributed by atoms with Gasteiger partial charge < -0.3 is 4.79 Å². The van der Waals surface area contributed by atoms with E-state index < -0.39 is 0 Å². The Labute approximate surface area is 137 Å². The second kappa shape index (κ2) is 16.4. The molecule has 0 aliphatic heterocycles. The highest BCUT2D eigenvalue weighted by Crippen LogP contribution is 2.11. The average Bonchev–Trinajstić information content (AvgIpc) is 2.48. The molecule has 0 aliphatic rings. The third-order valence-corrected chi connectivity index (χ3v) is 4.04. The van der Waals surface area contributed by atoms with Crippen LogP contribution in [0.3, 0.4) is 0 Å². The lowest BCUT2D eigenvalue weighted by atomic mass is 10.0. The van der Waals surface area contributed by atoms with Crippen LogP contribution in [-0.4, -0.2) is 24.8 Å². The molecule has 0 radical (unpaired) electrons. The zero-order chi connectivity index (χ0) is 16.5. The number of nitrogens with one attached hydrogen (secondary N) is 1. The molecule has 0 saturated heterocycles. The summed E-state index contributed by atoms with van der Waals surface area (Å²) >= 11 is 0. The Morgan fingerprint density at radius 1 is 0.682 bits per heavy atom. The van der Waals surface area contributed by atoms with Gasteiger partial charge in [0.2, 0.25) is 0 Å². The maximum atomic E-state index is 11.7.